The highest BCUT2D eigenvalue weighted by Gasteiger charge is 2.20. The van der Waals surface area contributed by atoms with Crippen LogP contribution in [0.4, 0.5) is 4.39 Å². The van der Waals surface area contributed by atoms with E-state index < -0.39 is 0 Å². The van der Waals surface area contributed by atoms with Gasteiger partial charge in [0.05, 0.1) is 35.2 Å². The first-order chi connectivity index (χ1) is 14.1. The van der Waals surface area contributed by atoms with Gasteiger partial charge >= 0.3 is 0 Å². The van der Waals surface area contributed by atoms with Gasteiger partial charge in [0, 0.05) is 40.5 Å². The van der Waals surface area contributed by atoms with Crippen molar-refractivity contribution in [2.75, 3.05) is 6.54 Å². The molecule has 4 rings (SSSR count). The molecule has 1 N–H and O–H groups in total. The Morgan fingerprint density at radius 2 is 2.07 bits per heavy atom. The van der Waals surface area contributed by atoms with E-state index in [-0.39, 0.29) is 17.8 Å². The molecule has 1 aliphatic rings. The second-order valence-electron chi connectivity index (χ2n) is 6.69. The van der Waals surface area contributed by atoms with Crippen molar-refractivity contribution < 1.29 is 9.18 Å². The largest absolute Gasteiger partial charge is 0.345 e. The summed E-state index contributed by atoms with van der Waals surface area (Å²) in [5.41, 5.74) is 2.91. The fourth-order valence-corrected chi connectivity index (χ4v) is 3.58. The summed E-state index contributed by atoms with van der Waals surface area (Å²) in [5, 5.41) is 8.17. The van der Waals surface area contributed by atoms with E-state index in [0.717, 1.165) is 18.5 Å². The third-order valence-corrected chi connectivity index (χ3v) is 5.38. The maximum absolute atomic E-state index is 13.2. The maximum atomic E-state index is 13.2. The van der Waals surface area contributed by atoms with Gasteiger partial charge in [-0.3, -0.25) is 9.78 Å². The topological polar surface area (TPSA) is 63.1 Å². The van der Waals surface area contributed by atoms with Gasteiger partial charge in [-0.15, -0.1) is 0 Å². The summed E-state index contributed by atoms with van der Waals surface area (Å²) in [6.45, 7) is 2.77. The van der Waals surface area contributed by atoms with Crippen LogP contribution < -0.4 is 5.32 Å². The minimum Gasteiger partial charge on any atom is -0.345 e. The van der Waals surface area contributed by atoms with Gasteiger partial charge in [-0.2, -0.15) is 5.10 Å². The van der Waals surface area contributed by atoms with E-state index in [1.165, 1.54) is 12.1 Å². The number of pyridine rings is 1. The van der Waals surface area contributed by atoms with Crippen molar-refractivity contribution in [2.24, 2.45) is 0 Å². The molecule has 1 aromatic carbocycles. The van der Waals surface area contributed by atoms with Crippen LogP contribution in [0.25, 0.3) is 16.6 Å². The molecule has 1 aliphatic heterocycles. The van der Waals surface area contributed by atoms with Crippen LogP contribution in [0.15, 0.2) is 66.8 Å². The molecule has 6 nitrogen and oxygen atoms in total. The summed E-state index contributed by atoms with van der Waals surface area (Å²) in [5.74, 6) is -0.521. The van der Waals surface area contributed by atoms with Crippen LogP contribution in [0.2, 0.25) is 0 Å². The van der Waals surface area contributed by atoms with Crippen molar-refractivity contribution in [3.05, 3.63) is 78.2 Å². The SMILES string of the molecule is CC[C@H](NC(=O)c1cncc2c1cnn2-c1ccc(F)cc1)C1=CCN(Br)C=C1. The molecule has 29 heavy (non-hydrogen) atoms. The Kier molecular flexibility index (Phi) is 5.44. The third kappa shape index (κ3) is 3.93. The molecule has 0 aliphatic carbocycles. The molecule has 0 saturated carbocycles. The average molecular weight is 456 g/mol. The lowest BCUT2D eigenvalue weighted by Crippen LogP contribution is -2.36. The van der Waals surface area contributed by atoms with Crippen molar-refractivity contribution in [1.82, 2.24) is 24.0 Å². The second-order valence-corrected chi connectivity index (χ2v) is 7.60. The molecule has 2 aromatic heterocycles. The molecule has 8 heteroatoms. The van der Waals surface area contributed by atoms with Gasteiger partial charge in [0.2, 0.25) is 0 Å². The Bertz CT molecular complexity index is 1110. The van der Waals surface area contributed by atoms with Crippen LogP contribution >= 0.6 is 16.1 Å². The van der Waals surface area contributed by atoms with Crippen LogP contribution in [0.1, 0.15) is 23.7 Å². The highest BCUT2D eigenvalue weighted by Crippen LogP contribution is 2.22. The Morgan fingerprint density at radius 1 is 1.28 bits per heavy atom. The van der Waals surface area contributed by atoms with Crippen molar-refractivity contribution in [1.29, 1.82) is 0 Å². The summed E-state index contributed by atoms with van der Waals surface area (Å²) in [6, 6.07) is 5.92. The van der Waals surface area contributed by atoms with Crippen LogP contribution in [0.3, 0.4) is 0 Å². The van der Waals surface area contributed by atoms with Crippen molar-refractivity contribution in [3.63, 3.8) is 0 Å². The Labute approximate surface area is 176 Å². The number of rotatable bonds is 5. The fourth-order valence-electron chi connectivity index (χ4n) is 3.31. The van der Waals surface area contributed by atoms with E-state index in [1.807, 2.05) is 23.1 Å². The fraction of sp³-hybridized carbons (Fsp3) is 0.190. The van der Waals surface area contributed by atoms with Crippen LogP contribution in [0.5, 0.6) is 0 Å². The lowest BCUT2D eigenvalue weighted by atomic mass is 10.0. The van der Waals surface area contributed by atoms with Crippen molar-refractivity contribution in [2.45, 2.75) is 19.4 Å². The number of nitrogens with zero attached hydrogens (tertiary/aromatic N) is 4. The summed E-state index contributed by atoms with van der Waals surface area (Å²) in [4.78, 5) is 17.2. The number of halogens is 2. The van der Waals surface area contributed by atoms with Gasteiger partial charge in [-0.1, -0.05) is 13.0 Å². The molecular weight excluding hydrogens is 437 g/mol. The molecule has 0 fully saturated rings. The molecule has 1 amide bonds. The van der Waals surface area contributed by atoms with Crippen molar-refractivity contribution >= 4 is 33.0 Å². The molecule has 148 valence electrons. The van der Waals surface area contributed by atoms with Gasteiger partial charge in [-0.05, 0) is 42.3 Å². The first kappa shape index (κ1) is 19.3. The zero-order valence-electron chi connectivity index (χ0n) is 15.7. The summed E-state index contributed by atoms with van der Waals surface area (Å²) >= 11 is 3.40. The summed E-state index contributed by atoms with van der Waals surface area (Å²) in [6.07, 6.45) is 11.6. The van der Waals surface area contributed by atoms with Gasteiger partial charge in [0.1, 0.15) is 5.82 Å². The van der Waals surface area contributed by atoms with E-state index >= 15 is 0 Å². The van der Waals surface area contributed by atoms with Gasteiger partial charge in [0.25, 0.3) is 5.91 Å². The lowest BCUT2D eigenvalue weighted by molar-refractivity contribution is 0.0943. The number of benzene rings is 1. The highest BCUT2D eigenvalue weighted by molar-refractivity contribution is 9.07. The van der Waals surface area contributed by atoms with E-state index in [1.54, 1.807) is 35.4 Å². The van der Waals surface area contributed by atoms with E-state index in [4.69, 9.17) is 0 Å². The molecule has 0 saturated heterocycles. The van der Waals surface area contributed by atoms with Crippen LogP contribution in [-0.2, 0) is 0 Å². The molecule has 0 unspecified atom stereocenters. The zero-order valence-corrected chi connectivity index (χ0v) is 17.3. The highest BCUT2D eigenvalue weighted by atomic mass is 79.9. The first-order valence-corrected chi connectivity index (χ1v) is 9.97. The standard InChI is InChI=1S/C21H19BrFN5O/c1-2-19(14-7-9-27(22)10-8-14)26-21(29)18-11-24-13-20-17(18)12-25-28(20)16-5-3-15(23)4-6-16/h3-9,11-13,19H,2,10H2,1H3,(H,26,29)/t19-/m0/s1. The van der Waals surface area contributed by atoms with Gasteiger partial charge in [0.15, 0.2) is 0 Å². The summed E-state index contributed by atoms with van der Waals surface area (Å²) in [7, 11) is 0. The van der Waals surface area contributed by atoms with E-state index in [9.17, 15) is 9.18 Å². The number of carbonyl (C=O) groups excluding carboxylic acids is 1. The van der Waals surface area contributed by atoms with E-state index in [2.05, 4.69) is 37.6 Å². The van der Waals surface area contributed by atoms with Gasteiger partial charge < -0.3 is 9.24 Å². The number of amides is 1. The predicted octanol–water partition coefficient (Wildman–Crippen LogP) is 4.13. The molecular formula is C21H19BrFN5O. The minimum absolute atomic E-state index is 0.0950. The smallest absolute Gasteiger partial charge is 0.254 e. The third-order valence-electron chi connectivity index (χ3n) is 4.86. The zero-order chi connectivity index (χ0) is 20.4. The Hall–Kier alpha value is -3.00. The second kappa shape index (κ2) is 8.16. The van der Waals surface area contributed by atoms with Crippen LogP contribution in [-0.4, -0.2) is 37.2 Å². The Morgan fingerprint density at radius 3 is 2.76 bits per heavy atom. The molecule has 0 radical (unpaired) electrons. The van der Waals surface area contributed by atoms with Gasteiger partial charge in [-0.25, -0.2) is 9.07 Å². The lowest BCUT2D eigenvalue weighted by Gasteiger charge is -2.22. The molecule has 0 spiro atoms. The molecule has 3 heterocycles. The minimum atomic E-state index is -0.317. The molecule has 1 atom stereocenters. The first-order valence-electron chi connectivity index (χ1n) is 9.26. The predicted molar refractivity (Wildman–Crippen MR) is 113 cm³/mol. The van der Waals surface area contributed by atoms with Crippen molar-refractivity contribution in [3.8, 4) is 5.69 Å². The number of nitrogens with one attached hydrogen (secondary N) is 1. The number of hydrogen-bond acceptors (Lipinski definition) is 4. The van der Waals surface area contributed by atoms with E-state index in [0.29, 0.717) is 22.2 Å². The molecule has 0 bridgehead atoms. The molecule has 3 aromatic rings. The number of hydrogen-bond donors (Lipinski definition) is 1. The van der Waals surface area contributed by atoms with Crippen LogP contribution in [0, 0.1) is 5.82 Å². The quantitative estimate of drug-likeness (QED) is 0.587. The monoisotopic (exact) mass is 455 g/mol. The Balaban J connectivity index is 1.63. The number of fused-ring (bicyclic) bond motifs is 1. The normalized spacial score (nSPS) is 14.7. The average Bonchev–Trinajstić information content (AvgIpc) is 3.17. The summed E-state index contributed by atoms with van der Waals surface area (Å²) < 4.78 is 16.8. The maximum Gasteiger partial charge on any atom is 0.254 e. The number of aromatic nitrogens is 3. The number of carbonyl (C=O) groups is 1.